The molecule has 6 heteroatoms. The van der Waals surface area contributed by atoms with Crippen molar-refractivity contribution in [3.8, 4) is 11.6 Å². The van der Waals surface area contributed by atoms with Crippen LogP contribution in [0.1, 0.15) is 12.8 Å². The zero-order chi connectivity index (χ0) is 15.8. The molecule has 1 aliphatic rings. The van der Waals surface area contributed by atoms with E-state index in [0.717, 1.165) is 23.6 Å². The number of carbonyl (C=O) groups excluding carboxylic acids is 1. The highest BCUT2D eigenvalue weighted by atomic mass is 16.5. The molecule has 1 fully saturated rings. The summed E-state index contributed by atoms with van der Waals surface area (Å²) in [6.07, 6.45) is 5.52. The Labute approximate surface area is 133 Å². The summed E-state index contributed by atoms with van der Waals surface area (Å²) in [7, 11) is 1.84. The molecule has 116 valence electrons. The second-order valence-corrected chi connectivity index (χ2v) is 5.77. The monoisotopic (exact) mass is 308 g/mol. The first-order chi connectivity index (χ1) is 11.2. The van der Waals surface area contributed by atoms with Gasteiger partial charge in [0, 0.05) is 36.8 Å². The smallest absolute Gasteiger partial charge is 0.238 e. The number of anilines is 1. The van der Waals surface area contributed by atoms with Crippen LogP contribution < -0.4 is 10.1 Å². The van der Waals surface area contributed by atoms with Crippen molar-refractivity contribution in [2.75, 3.05) is 5.32 Å². The Morgan fingerprint density at radius 3 is 2.87 bits per heavy atom. The standard InChI is InChI=1S/C17H16N4O2/c1-21-7-6-16(20-21)23-14-5-4-12-9-15(18-10-13(12)8-14)19-17(22)11-2-3-11/h4-11H,2-3H2,1H3,(H,18,19,22). The van der Waals surface area contributed by atoms with Crippen LogP contribution in [0.4, 0.5) is 5.82 Å². The van der Waals surface area contributed by atoms with Gasteiger partial charge in [0.15, 0.2) is 0 Å². The summed E-state index contributed by atoms with van der Waals surface area (Å²) in [4.78, 5) is 16.1. The molecule has 3 aromatic rings. The summed E-state index contributed by atoms with van der Waals surface area (Å²) in [6, 6.07) is 9.41. The second kappa shape index (κ2) is 5.39. The number of amides is 1. The molecule has 1 aromatic carbocycles. The number of fused-ring (bicyclic) bond motifs is 1. The van der Waals surface area contributed by atoms with E-state index in [-0.39, 0.29) is 11.8 Å². The molecule has 1 amide bonds. The Kier molecular flexibility index (Phi) is 3.22. The summed E-state index contributed by atoms with van der Waals surface area (Å²) in [6.45, 7) is 0. The highest BCUT2D eigenvalue weighted by Gasteiger charge is 2.29. The average molecular weight is 308 g/mol. The van der Waals surface area contributed by atoms with E-state index >= 15 is 0 Å². The minimum Gasteiger partial charge on any atom is -0.438 e. The number of benzene rings is 1. The predicted octanol–water partition coefficient (Wildman–Crippen LogP) is 3.11. The Hall–Kier alpha value is -2.89. The van der Waals surface area contributed by atoms with Gasteiger partial charge in [-0.1, -0.05) is 6.07 Å². The third-order valence-electron chi connectivity index (χ3n) is 3.80. The Morgan fingerprint density at radius 1 is 1.26 bits per heavy atom. The molecule has 2 aromatic heterocycles. The van der Waals surface area contributed by atoms with Gasteiger partial charge in [-0.15, -0.1) is 5.10 Å². The maximum atomic E-state index is 11.8. The maximum absolute atomic E-state index is 11.8. The fourth-order valence-electron chi connectivity index (χ4n) is 2.39. The summed E-state index contributed by atoms with van der Waals surface area (Å²) >= 11 is 0. The van der Waals surface area contributed by atoms with Gasteiger partial charge >= 0.3 is 0 Å². The van der Waals surface area contributed by atoms with Crippen molar-refractivity contribution in [1.82, 2.24) is 14.8 Å². The zero-order valence-corrected chi connectivity index (χ0v) is 12.7. The number of pyridine rings is 1. The zero-order valence-electron chi connectivity index (χ0n) is 12.7. The number of hydrogen-bond acceptors (Lipinski definition) is 4. The van der Waals surface area contributed by atoms with Gasteiger partial charge in [-0.25, -0.2) is 4.98 Å². The fourth-order valence-corrected chi connectivity index (χ4v) is 2.39. The normalized spacial score (nSPS) is 14.0. The number of aromatic nitrogens is 3. The maximum Gasteiger partial charge on any atom is 0.238 e. The Morgan fingerprint density at radius 2 is 2.13 bits per heavy atom. The van der Waals surface area contributed by atoms with Crippen molar-refractivity contribution in [3.63, 3.8) is 0 Å². The van der Waals surface area contributed by atoms with E-state index in [1.54, 1.807) is 16.9 Å². The molecule has 0 unspecified atom stereocenters. The Balaban J connectivity index is 1.55. The van der Waals surface area contributed by atoms with Crippen LogP contribution in [0.2, 0.25) is 0 Å². The van der Waals surface area contributed by atoms with E-state index in [9.17, 15) is 4.79 Å². The molecule has 0 saturated heterocycles. The molecule has 0 bridgehead atoms. The molecule has 1 N–H and O–H groups in total. The lowest BCUT2D eigenvalue weighted by Gasteiger charge is -2.07. The quantitative estimate of drug-likeness (QED) is 0.804. The number of ether oxygens (including phenoxy) is 1. The number of hydrogen-bond donors (Lipinski definition) is 1. The molecule has 0 spiro atoms. The molecule has 23 heavy (non-hydrogen) atoms. The van der Waals surface area contributed by atoms with E-state index in [1.807, 2.05) is 37.5 Å². The van der Waals surface area contributed by atoms with Gasteiger partial charge in [-0.2, -0.15) is 0 Å². The van der Waals surface area contributed by atoms with Gasteiger partial charge in [-0.05, 0) is 36.4 Å². The average Bonchev–Trinajstić information content (AvgIpc) is 3.31. The van der Waals surface area contributed by atoms with Crippen molar-refractivity contribution in [1.29, 1.82) is 0 Å². The third-order valence-corrected chi connectivity index (χ3v) is 3.80. The number of aryl methyl sites for hydroxylation is 1. The van der Waals surface area contributed by atoms with Gasteiger partial charge in [0.25, 0.3) is 0 Å². The molecule has 2 heterocycles. The van der Waals surface area contributed by atoms with Gasteiger partial charge in [0.05, 0.1) is 0 Å². The number of nitrogens with one attached hydrogen (secondary N) is 1. The van der Waals surface area contributed by atoms with Gasteiger partial charge in [0.2, 0.25) is 11.8 Å². The summed E-state index contributed by atoms with van der Waals surface area (Å²) in [5.74, 6) is 2.07. The summed E-state index contributed by atoms with van der Waals surface area (Å²) < 4.78 is 7.40. The highest BCUT2D eigenvalue weighted by Crippen LogP contribution is 2.30. The van der Waals surface area contributed by atoms with Crippen molar-refractivity contribution in [2.24, 2.45) is 13.0 Å². The van der Waals surface area contributed by atoms with Crippen LogP contribution in [0.3, 0.4) is 0 Å². The van der Waals surface area contributed by atoms with E-state index in [4.69, 9.17) is 4.74 Å². The fraction of sp³-hybridized carbons (Fsp3) is 0.235. The second-order valence-electron chi connectivity index (χ2n) is 5.77. The molecule has 6 nitrogen and oxygen atoms in total. The van der Waals surface area contributed by atoms with E-state index < -0.39 is 0 Å². The minimum atomic E-state index is 0.0620. The summed E-state index contributed by atoms with van der Waals surface area (Å²) in [5.41, 5.74) is 0. The Bertz CT molecular complexity index is 883. The van der Waals surface area contributed by atoms with Crippen LogP contribution in [0.5, 0.6) is 11.6 Å². The molecule has 0 radical (unpaired) electrons. The van der Waals surface area contributed by atoms with Crippen LogP contribution in [-0.4, -0.2) is 20.7 Å². The molecular formula is C17H16N4O2. The number of carbonyl (C=O) groups is 1. The first-order valence-electron chi connectivity index (χ1n) is 7.55. The molecule has 4 rings (SSSR count). The van der Waals surface area contributed by atoms with Crippen LogP contribution in [-0.2, 0) is 11.8 Å². The third kappa shape index (κ3) is 3.01. The topological polar surface area (TPSA) is 69.0 Å². The lowest BCUT2D eigenvalue weighted by atomic mass is 10.1. The SMILES string of the molecule is Cn1ccc(Oc2ccc3cc(NC(=O)C4CC4)ncc3c2)n1. The van der Waals surface area contributed by atoms with Gasteiger partial charge in [-0.3, -0.25) is 9.48 Å². The molecule has 0 aliphatic heterocycles. The number of nitrogens with zero attached hydrogens (tertiary/aromatic N) is 3. The highest BCUT2D eigenvalue weighted by molar-refractivity contribution is 5.95. The van der Waals surface area contributed by atoms with E-state index in [0.29, 0.717) is 17.4 Å². The molecule has 0 atom stereocenters. The first kappa shape index (κ1) is 13.8. The van der Waals surface area contributed by atoms with Crippen molar-refractivity contribution in [3.05, 3.63) is 42.7 Å². The molecule has 1 saturated carbocycles. The van der Waals surface area contributed by atoms with Crippen LogP contribution in [0.15, 0.2) is 42.7 Å². The van der Waals surface area contributed by atoms with Crippen LogP contribution in [0.25, 0.3) is 10.8 Å². The molecular weight excluding hydrogens is 292 g/mol. The summed E-state index contributed by atoms with van der Waals surface area (Å²) in [5, 5.41) is 8.99. The van der Waals surface area contributed by atoms with E-state index in [1.165, 1.54) is 0 Å². The predicted molar refractivity (Wildman–Crippen MR) is 86.4 cm³/mol. The number of rotatable bonds is 4. The van der Waals surface area contributed by atoms with Gasteiger partial charge in [0.1, 0.15) is 11.6 Å². The van der Waals surface area contributed by atoms with Gasteiger partial charge < -0.3 is 10.1 Å². The lowest BCUT2D eigenvalue weighted by Crippen LogP contribution is -2.14. The minimum absolute atomic E-state index is 0.0620. The van der Waals surface area contributed by atoms with Crippen LogP contribution >= 0.6 is 0 Å². The van der Waals surface area contributed by atoms with Crippen LogP contribution in [0, 0.1) is 5.92 Å². The van der Waals surface area contributed by atoms with Crippen molar-refractivity contribution >= 4 is 22.5 Å². The van der Waals surface area contributed by atoms with Crippen molar-refractivity contribution in [2.45, 2.75) is 12.8 Å². The largest absolute Gasteiger partial charge is 0.438 e. The lowest BCUT2D eigenvalue weighted by molar-refractivity contribution is -0.117. The van der Waals surface area contributed by atoms with E-state index in [2.05, 4.69) is 15.4 Å². The molecule has 1 aliphatic carbocycles. The first-order valence-corrected chi connectivity index (χ1v) is 7.55. The van der Waals surface area contributed by atoms with Crippen molar-refractivity contribution < 1.29 is 9.53 Å².